The smallest absolute Gasteiger partial charge is 0.407 e. The van der Waals surface area contributed by atoms with Crippen LogP contribution in [0.4, 0.5) is 10.5 Å². The quantitative estimate of drug-likeness (QED) is 0.224. The fraction of sp³-hybridized carbons (Fsp3) is 0.414. The van der Waals surface area contributed by atoms with Gasteiger partial charge in [0.2, 0.25) is 0 Å². The zero-order valence-corrected chi connectivity index (χ0v) is 23.4. The van der Waals surface area contributed by atoms with Crippen LogP contribution in [0.25, 0.3) is 10.4 Å². The van der Waals surface area contributed by atoms with E-state index in [1.165, 1.54) is 0 Å². The second kappa shape index (κ2) is 12.7. The molecule has 0 atom stereocenters. The maximum Gasteiger partial charge on any atom is 0.407 e. The van der Waals surface area contributed by atoms with E-state index in [9.17, 15) is 9.59 Å². The molecule has 0 aliphatic carbocycles. The van der Waals surface area contributed by atoms with Crippen LogP contribution in [0.3, 0.4) is 0 Å². The normalized spacial score (nSPS) is 11.3. The number of aromatic nitrogens is 1. The Bertz CT molecular complexity index is 1180. The molecule has 1 N–H and O–H groups in total. The molecule has 1 heterocycles. The molecule has 1 aromatic heterocycles. The Morgan fingerprint density at radius 1 is 1.16 bits per heavy atom. The van der Waals surface area contributed by atoms with Crippen molar-refractivity contribution in [1.82, 2.24) is 10.3 Å². The average Bonchev–Trinajstić information content (AvgIpc) is 3.27. The van der Waals surface area contributed by atoms with E-state index in [4.69, 9.17) is 9.47 Å². The van der Waals surface area contributed by atoms with Crippen LogP contribution in [0.15, 0.2) is 48.0 Å². The second-order valence-electron chi connectivity index (χ2n) is 10.1. The van der Waals surface area contributed by atoms with Gasteiger partial charge in [-0.15, -0.1) is 11.3 Å². The number of benzene rings is 2. The summed E-state index contributed by atoms with van der Waals surface area (Å²) in [5, 5.41) is 2.91. The Labute approximate surface area is 223 Å². The number of anilines is 1. The van der Waals surface area contributed by atoms with Crippen LogP contribution in [0.1, 0.15) is 62.7 Å². The van der Waals surface area contributed by atoms with Crippen LogP contribution in [-0.2, 0) is 11.3 Å². The zero-order valence-electron chi connectivity index (χ0n) is 22.5. The summed E-state index contributed by atoms with van der Waals surface area (Å²) in [6, 6.07) is 13.7. The largest absolute Gasteiger partial charge is 0.494 e. The Kier molecular flexibility index (Phi) is 9.69. The second-order valence-corrected chi connectivity index (χ2v) is 11.0. The molecule has 0 saturated carbocycles. The molecule has 3 aromatic rings. The lowest BCUT2D eigenvalue weighted by molar-refractivity contribution is 0.0523. The van der Waals surface area contributed by atoms with E-state index in [1.807, 2.05) is 45.3 Å². The summed E-state index contributed by atoms with van der Waals surface area (Å²) in [5.74, 6) is 0.742. The fourth-order valence-corrected chi connectivity index (χ4v) is 4.71. The molecule has 0 radical (unpaired) electrons. The van der Waals surface area contributed by atoms with Crippen LogP contribution in [0, 0.1) is 6.92 Å². The molecule has 0 fully saturated rings. The molecule has 3 rings (SSSR count). The zero-order chi connectivity index (χ0) is 27.0. The lowest BCUT2D eigenvalue weighted by Crippen LogP contribution is -2.35. The number of aldehydes is 1. The summed E-state index contributed by atoms with van der Waals surface area (Å²) in [6.45, 7) is 13.6. The number of nitrogens with one attached hydrogen (secondary N) is 1. The van der Waals surface area contributed by atoms with Gasteiger partial charge in [-0.1, -0.05) is 12.1 Å². The molecule has 0 aliphatic heterocycles. The van der Waals surface area contributed by atoms with Crippen molar-refractivity contribution in [3.63, 3.8) is 0 Å². The number of rotatable bonds is 11. The standard InChI is InChI=1S/C29H37N3O4S/c1-20(2)32(14-7-15-35-25-12-8-22(18-33)9-13-25)26-16-23(27-21(3)31-19-37-27)10-11-24(26)17-30-28(34)36-29(4,5)6/h8-13,16,18-20H,7,14-15,17H2,1-6H3,(H,30,34). The monoisotopic (exact) mass is 523 g/mol. The minimum Gasteiger partial charge on any atom is -0.494 e. The third-order valence-electron chi connectivity index (χ3n) is 5.68. The van der Waals surface area contributed by atoms with Gasteiger partial charge in [0.05, 0.1) is 22.7 Å². The Balaban J connectivity index is 1.78. The first-order chi connectivity index (χ1) is 17.6. The molecule has 0 aliphatic rings. The van der Waals surface area contributed by atoms with Crippen molar-refractivity contribution >= 4 is 29.4 Å². The van der Waals surface area contributed by atoms with Gasteiger partial charge in [0.25, 0.3) is 0 Å². The number of aryl methyl sites for hydroxylation is 1. The predicted molar refractivity (Wildman–Crippen MR) is 150 cm³/mol. The van der Waals surface area contributed by atoms with Crippen LogP contribution >= 0.6 is 11.3 Å². The number of carbonyl (C=O) groups is 2. The van der Waals surface area contributed by atoms with Gasteiger partial charge in [-0.3, -0.25) is 4.79 Å². The molecule has 198 valence electrons. The van der Waals surface area contributed by atoms with E-state index in [-0.39, 0.29) is 6.04 Å². The molecule has 37 heavy (non-hydrogen) atoms. The van der Waals surface area contributed by atoms with Gasteiger partial charge in [-0.25, -0.2) is 9.78 Å². The maximum absolute atomic E-state index is 12.3. The molecule has 7 nitrogen and oxygen atoms in total. The van der Waals surface area contributed by atoms with Gasteiger partial charge >= 0.3 is 6.09 Å². The van der Waals surface area contributed by atoms with Crippen molar-refractivity contribution < 1.29 is 19.1 Å². The van der Waals surface area contributed by atoms with Crippen LogP contribution in [0.5, 0.6) is 5.75 Å². The predicted octanol–water partition coefficient (Wildman–Crippen LogP) is 6.64. The molecule has 1 amide bonds. The Morgan fingerprint density at radius 3 is 2.49 bits per heavy atom. The first-order valence-corrected chi connectivity index (χ1v) is 13.4. The number of amides is 1. The van der Waals surface area contributed by atoms with Gasteiger partial charge in [-0.05, 0) is 89.4 Å². The van der Waals surface area contributed by atoms with Crippen LogP contribution in [0.2, 0.25) is 0 Å². The Morgan fingerprint density at radius 2 is 1.89 bits per heavy atom. The molecule has 2 aromatic carbocycles. The van der Waals surface area contributed by atoms with E-state index in [1.54, 1.807) is 23.5 Å². The Hall–Kier alpha value is -3.39. The third-order valence-corrected chi connectivity index (χ3v) is 6.65. The molecule has 0 bridgehead atoms. The van der Waals surface area contributed by atoms with E-state index in [0.29, 0.717) is 18.7 Å². The van der Waals surface area contributed by atoms with Gasteiger partial charge in [0.15, 0.2) is 0 Å². The molecular weight excluding hydrogens is 486 g/mol. The lowest BCUT2D eigenvalue weighted by Gasteiger charge is -2.32. The van der Waals surface area contributed by atoms with Crippen molar-refractivity contribution in [2.24, 2.45) is 0 Å². The molecule has 0 saturated heterocycles. The molecule has 0 unspecified atom stereocenters. The number of nitrogens with zero attached hydrogens (tertiary/aromatic N) is 2. The number of hydrogen-bond acceptors (Lipinski definition) is 7. The van der Waals surface area contributed by atoms with E-state index < -0.39 is 11.7 Å². The highest BCUT2D eigenvalue weighted by atomic mass is 32.1. The SMILES string of the molecule is Cc1ncsc1-c1ccc(CNC(=O)OC(C)(C)C)c(N(CCCOc2ccc(C=O)cc2)C(C)C)c1. The average molecular weight is 524 g/mol. The number of carbonyl (C=O) groups excluding carboxylic acids is 2. The number of hydrogen-bond donors (Lipinski definition) is 1. The number of alkyl carbamates (subject to hydrolysis) is 1. The van der Waals surface area contributed by atoms with Crippen molar-refractivity contribution in [3.8, 4) is 16.2 Å². The van der Waals surface area contributed by atoms with Gasteiger partial charge < -0.3 is 19.7 Å². The molecule has 8 heteroatoms. The highest BCUT2D eigenvalue weighted by Gasteiger charge is 2.19. The minimum absolute atomic E-state index is 0.227. The van der Waals surface area contributed by atoms with E-state index in [2.05, 4.69) is 47.2 Å². The summed E-state index contributed by atoms with van der Waals surface area (Å²) in [5.41, 5.74) is 6.11. The lowest BCUT2D eigenvalue weighted by atomic mass is 10.0. The van der Waals surface area contributed by atoms with E-state index >= 15 is 0 Å². The molecular formula is C29H37N3O4S. The van der Waals surface area contributed by atoms with Gasteiger partial charge in [0, 0.05) is 30.4 Å². The van der Waals surface area contributed by atoms with Crippen molar-refractivity contribution in [2.45, 2.75) is 66.2 Å². The summed E-state index contributed by atoms with van der Waals surface area (Å²) >= 11 is 1.62. The summed E-state index contributed by atoms with van der Waals surface area (Å²) in [6.07, 6.45) is 1.18. The molecule has 0 spiro atoms. The highest BCUT2D eigenvalue weighted by Crippen LogP contribution is 2.33. The first-order valence-electron chi connectivity index (χ1n) is 12.5. The van der Waals surface area contributed by atoms with Gasteiger partial charge in [0.1, 0.15) is 17.6 Å². The van der Waals surface area contributed by atoms with Crippen LogP contribution < -0.4 is 15.0 Å². The number of ether oxygens (including phenoxy) is 2. The topological polar surface area (TPSA) is 80.8 Å². The van der Waals surface area contributed by atoms with Crippen molar-refractivity contribution in [1.29, 1.82) is 0 Å². The summed E-state index contributed by atoms with van der Waals surface area (Å²) < 4.78 is 11.3. The first kappa shape index (κ1) is 28.2. The van der Waals surface area contributed by atoms with Crippen LogP contribution in [-0.4, -0.2) is 42.2 Å². The van der Waals surface area contributed by atoms with E-state index in [0.717, 1.165) is 52.4 Å². The summed E-state index contributed by atoms with van der Waals surface area (Å²) in [4.78, 5) is 31.1. The fourth-order valence-electron chi connectivity index (χ4n) is 3.91. The van der Waals surface area contributed by atoms with Crippen molar-refractivity contribution in [2.75, 3.05) is 18.1 Å². The van der Waals surface area contributed by atoms with Crippen molar-refractivity contribution in [3.05, 3.63) is 64.8 Å². The minimum atomic E-state index is -0.558. The maximum atomic E-state index is 12.3. The summed E-state index contributed by atoms with van der Waals surface area (Å²) in [7, 11) is 0. The van der Waals surface area contributed by atoms with Gasteiger partial charge in [-0.2, -0.15) is 0 Å². The highest BCUT2D eigenvalue weighted by molar-refractivity contribution is 7.13. The number of thiazole rings is 1. The third kappa shape index (κ3) is 8.32.